The van der Waals surface area contributed by atoms with Gasteiger partial charge in [0.2, 0.25) is 15.9 Å². The number of anilines is 1. The molecule has 1 atom stereocenters. The van der Waals surface area contributed by atoms with Crippen molar-refractivity contribution in [3.05, 3.63) is 17.2 Å². The molecule has 2 amide bonds. The number of carbonyl (C=O) groups is 2. The summed E-state index contributed by atoms with van der Waals surface area (Å²) in [5, 5.41) is 5.81. The summed E-state index contributed by atoms with van der Waals surface area (Å²) in [5.74, 6) is -0.490. The van der Waals surface area contributed by atoms with Crippen LogP contribution in [0.1, 0.15) is 57.8 Å². The molecule has 176 valence electrons. The molecule has 0 aromatic heterocycles. The third-order valence-corrected chi connectivity index (χ3v) is 8.82. The second-order valence-electron chi connectivity index (χ2n) is 8.87. The van der Waals surface area contributed by atoms with E-state index in [9.17, 15) is 18.0 Å². The summed E-state index contributed by atoms with van der Waals surface area (Å²) in [7, 11) is -3.92. The summed E-state index contributed by atoms with van der Waals surface area (Å²) in [6.07, 6.45) is 9.16. The van der Waals surface area contributed by atoms with E-state index in [1.807, 2.05) is 0 Å². The number of amides is 2. The number of ether oxygens (including phenoxy) is 1. The second-order valence-corrected chi connectivity index (χ2v) is 11.2. The van der Waals surface area contributed by atoms with Crippen LogP contribution in [-0.4, -0.2) is 50.3 Å². The van der Waals surface area contributed by atoms with Gasteiger partial charge in [-0.1, -0.05) is 43.7 Å². The van der Waals surface area contributed by atoms with Gasteiger partial charge in [-0.15, -0.1) is 0 Å². The molecular weight excluding hydrogens is 454 g/mol. The van der Waals surface area contributed by atoms with E-state index in [-0.39, 0.29) is 52.6 Å². The van der Waals surface area contributed by atoms with E-state index in [1.54, 1.807) is 0 Å². The third-order valence-electron chi connectivity index (χ3n) is 6.49. The van der Waals surface area contributed by atoms with Crippen LogP contribution in [0.4, 0.5) is 5.69 Å². The summed E-state index contributed by atoms with van der Waals surface area (Å²) < 4.78 is 33.4. The molecular formula is C22H30ClN3O5S. The van der Waals surface area contributed by atoms with Crippen molar-refractivity contribution in [2.75, 3.05) is 25.0 Å². The lowest BCUT2D eigenvalue weighted by molar-refractivity contribution is -0.127. The van der Waals surface area contributed by atoms with Gasteiger partial charge in [0.05, 0.1) is 16.6 Å². The van der Waals surface area contributed by atoms with Gasteiger partial charge in [-0.2, -0.15) is 4.31 Å². The molecule has 2 N–H and O–H groups in total. The molecule has 1 saturated carbocycles. The Labute approximate surface area is 194 Å². The van der Waals surface area contributed by atoms with E-state index in [0.717, 1.165) is 25.7 Å². The zero-order valence-corrected chi connectivity index (χ0v) is 19.6. The summed E-state index contributed by atoms with van der Waals surface area (Å²) in [5.41, 5.74) is 0.347. The van der Waals surface area contributed by atoms with Crippen molar-refractivity contribution in [3.8, 4) is 5.75 Å². The molecule has 0 bridgehead atoms. The van der Waals surface area contributed by atoms with Gasteiger partial charge in [0.1, 0.15) is 10.6 Å². The Morgan fingerprint density at radius 3 is 2.56 bits per heavy atom. The summed E-state index contributed by atoms with van der Waals surface area (Å²) >= 11 is 6.28. The molecule has 1 aromatic rings. The molecule has 32 heavy (non-hydrogen) atoms. The molecule has 4 rings (SSSR count). The van der Waals surface area contributed by atoms with E-state index in [4.69, 9.17) is 16.3 Å². The van der Waals surface area contributed by atoms with Crippen LogP contribution in [0.5, 0.6) is 5.75 Å². The van der Waals surface area contributed by atoms with Crippen LogP contribution in [0.15, 0.2) is 17.0 Å². The number of halogens is 1. The first-order valence-electron chi connectivity index (χ1n) is 11.4. The fourth-order valence-electron chi connectivity index (χ4n) is 4.71. The first-order chi connectivity index (χ1) is 15.3. The predicted octanol–water partition coefficient (Wildman–Crippen LogP) is 3.30. The average molecular weight is 484 g/mol. The number of nitrogens with one attached hydrogen (secondary N) is 2. The van der Waals surface area contributed by atoms with Crippen LogP contribution in [0.2, 0.25) is 5.02 Å². The van der Waals surface area contributed by atoms with Crippen molar-refractivity contribution >= 4 is 39.1 Å². The minimum Gasteiger partial charge on any atom is -0.482 e. The van der Waals surface area contributed by atoms with E-state index in [2.05, 4.69) is 10.6 Å². The van der Waals surface area contributed by atoms with E-state index in [1.165, 1.54) is 35.7 Å². The molecule has 10 heteroatoms. The summed E-state index contributed by atoms with van der Waals surface area (Å²) in [4.78, 5) is 24.4. The maximum atomic E-state index is 13.4. The van der Waals surface area contributed by atoms with Gasteiger partial charge in [-0.3, -0.25) is 9.59 Å². The Bertz CT molecular complexity index is 976. The molecule has 2 aliphatic heterocycles. The molecule has 0 spiro atoms. The Morgan fingerprint density at radius 2 is 1.81 bits per heavy atom. The molecule has 0 unspecified atom stereocenters. The van der Waals surface area contributed by atoms with Crippen LogP contribution >= 0.6 is 11.6 Å². The fraction of sp³-hybridized carbons (Fsp3) is 0.636. The first kappa shape index (κ1) is 23.3. The second kappa shape index (κ2) is 9.97. The maximum absolute atomic E-state index is 13.4. The highest BCUT2D eigenvalue weighted by molar-refractivity contribution is 7.89. The molecule has 1 saturated heterocycles. The minimum absolute atomic E-state index is 0.00986. The highest BCUT2D eigenvalue weighted by Gasteiger charge is 2.36. The highest BCUT2D eigenvalue weighted by atomic mass is 35.5. The van der Waals surface area contributed by atoms with Gasteiger partial charge in [0.15, 0.2) is 6.61 Å². The number of nitrogens with zero attached hydrogens (tertiary/aromatic N) is 1. The van der Waals surface area contributed by atoms with Gasteiger partial charge in [-0.05, 0) is 31.7 Å². The van der Waals surface area contributed by atoms with Crippen molar-refractivity contribution in [1.82, 2.24) is 9.62 Å². The first-order valence-corrected chi connectivity index (χ1v) is 13.2. The van der Waals surface area contributed by atoms with E-state index in [0.29, 0.717) is 25.1 Å². The van der Waals surface area contributed by atoms with Crippen molar-refractivity contribution in [2.45, 2.75) is 68.7 Å². The Balaban J connectivity index is 1.46. The third kappa shape index (κ3) is 5.21. The van der Waals surface area contributed by atoms with Crippen molar-refractivity contribution in [3.63, 3.8) is 0 Å². The Hall–Kier alpha value is -1.84. The lowest BCUT2D eigenvalue weighted by Gasteiger charge is -2.33. The largest absolute Gasteiger partial charge is 0.482 e. The smallest absolute Gasteiger partial charge is 0.262 e. The number of sulfonamides is 1. The van der Waals surface area contributed by atoms with Crippen LogP contribution < -0.4 is 15.4 Å². The normalized spacial score (nSPS) is 23.3. The number of hydrogen-bond acceptors (Lipinski definition) is 5. The average Bonchev–Trinajstić information content (AvgIpc) is 2.75. The number of hydrogen-bond donors (Lipinski definition) is 2. The van der Waals surface area contributed by atoms with Crippen molar-refractivity contribution < 1.29 is 22.7 Å². The number of fused-ring (bicyclic) bond motifs is 1. The SMILES string of the molecule is O=C1COc2cc(S(=O)(=O)N3CCC[C@H](C(=O)NC4CCCCCCC4)C3)c(Cl)cc2N1. The standard InChI is InChI=1S/C22H30ClN3O5S/c23-17-11-18-19(31-14-21(27)25-18)12-20(17)32(29,30)26-10-6-7-15(13-26)22(28)24-16-8-4-2-1-3-5-9-16/h11-12,15-16H,1-10,13-14H2,(H,24,28)(H,25,27)/t15-/m0/s1. The van der Waals surface area contributed by atoms with Crippen LogP contribution in [0, 0.1) is 5.92 Å². The Morgan fingerprint density at radius 1 is 1.09 bits per heavy atom. The van der Waals surface area contributed by atoms with Gasteiger partial charge in [0.25, 0.3) is 5.91 Å². The van der Waals surface area contributed by atoms with Crippen LogP contribution in [0.25, 0.3) is 0 Å². The maximum Gasteiger partial charge on any atom is 0.262 e. The lowest BCUT2D eigenvalue weighted by atomic mass is 9.94. The van der Waals surface area contributed by atoms with Gasteiger partial charge >= 0.3 is 0 Å². The fourth-order valence-corrected chi connectivity index (χ4v) is 6.75. The zero-order chi connectivity index (χ0) is 22.7. The van der Waals surface area contributed by atoms with Crippen LogP contribution in [-0.2, 0) is 19.6 Å². The lowest BCUT2D eigenvalue weighted by Crippen LogP contribution is -2.47. The molecule has 1 aromatic carbocycles. The molecule has 3 aliphatic rings. The van der Waals surface area contributed by atoms with Gasteiger partial charge in [0, 0.05) is 25.2 Å². The van der Waals surface area contributed by atoms with Crippen molar-refractivity contribution in [2.24, 2.45) is 5.92 Å². The predicted molar refractivity (Wildman–Crippen MR) is 121 cm³/mol. The number of benzene rings is 1. The molecule has 2 fully saturated rings. The van der Waals surface area contributed by atoms with E-state index >= 15 is 0 Å². The highest BCUT2D eigenvalue weighted by Crippen LogP contribution is 2.37. The van der Waals surface area contributed by atoms with Crippen molar-refractivity contribution in [1.29, 1.82) is 0 Å². The molecule has 8 nitrogen and oxygen atoms in total. The monoisotopic (exact) mass is 483 g/mol. The topological polar surface area (TPSA) is 105 Å². The number of piperidine rings is 1. The van der Waals surface area contributed by atoms with Gasteiger partial charge in [-0.25, -0.2) is 8.42 Å². The summed E-state index contributed by atoms with van der Waals surface area (Å²) in [6.45, 7) is 0.285. The molecule has 1 aliphatic carbocycles. The number of rotatable bonds is 4. The quantitative estimate of drug-likeness (QED) is 0.683. The minimum atomic E-state index is -3.92. The molecule has 0 radical (unpaired) electrons. The summed E-state index contributed by atoms with van der Waals surface area (Å²) in [6, 6.07) is 2.92. The Kier molecular flexibility index (Phi) is 7.27. The van der Waals surface area contributed by atoms with E-state index < -0.39 is 10.0 Å². The van der Waals surface area contributed by atoms with Crippen LogP contribution in [0.3, 0.4) is 0 Å². The zero-order valence-electron chi connectivity index (χ0n) is 18.1. The molecule has 2 heterocycles. The number of carbonyl (C=O) groups excluding carboxylic acids is 2. The van der Waals surface area contributed by atoms with Gasteiger partial charge < -0.3 is 15.4 Å².